The number of para-hydroxylation sites is 2. The minimum atomic E-state index is -3.17. The summed E-state index contributed by atoms with van der Waals surface area (Å²) < 4.78 is 2.26. The van der Waals surface area contributed by atoms with Crippen molar-refractivity contribution in [1.29, 1.82) is 0 Å². The van der Waals surface area contributed by atoms with Crippen LogP contribution in [0.5, 0.6) is 0 Å². The van der Waals surface area contributed by atoms with E-state index in [-0.39, 0.29) is 0 Å². The molecule has 0 saturated carbocycles. The van der Waals surface area contributed by atoms with Crippen molar-refractivity contribution in [3.63, 3.8) is 0 Å². The molecular weight excluding hydrogens is 629 g/mol. The summed E-state index contributed by atoms with van der Waals surface area (Å²) in [6.45, 7) is 0. The fourth-order valence-corrected chi connectivity index (χ4v) is 11.6. The van der Waals surface area contributed by atoms with Crippen LogP contribution in [0.2, 0.25) is 0 Å². The van der Waals surface area contributed by atoms with Crippen LogP contribution in [0.1, 0.15) is 0 Å². The number of nitrogens with zero attached hydrogens (tertiary/aromatic N) is 6. The number of pyridine rings is 1. The summed E-state index contributed by atoms with van der Waals surface area (Å²) in [5.74, 6) is 1.24. The Balaban J connectivity index is 1.52. The average Bonchev–Trinajstić information content (AvgIpc) is 3.54. The molecule has 0 aliphatic rings. The molecule has 5 aromatic carbocycles. The molecule has 9 aromatic rings. The highest BCUT2D eigenvalue weighted by molar-refractivity contribution is 7.19. The Bertz CT molecular complexity index is 2430. The van der Waals surface area contributed by atoms with Gasteiger partial charge < -0.3 is 0 Å². The van der Waals surface area contributed by atoms with Crippen LogP contribution in [-0.2, 0) is 0 Å². The highest BCUT2D eigenvalue weighted by Gasteiger charge is 2.46. The quantitative estimate of drug-likeness (QED) is 0.145. The van der Waals surface area contributed by atoms with Crippen molar-refractivity contribution in [1.82, 2.24) is 29.5 Å². The van der Waals surface area contributed by atoms with Gasteiger partial charge in [-0.05, 0) is 45.9 Å². The maximum absolute atomic E-state index is 5.79. The Labute approximate surface area is 290 Å². The molecule has 0 aliphatic carbocycles. The molecule has 0 unspecified atom stereocenters. The maximum atomic E-state index is 5.79. The Morgan fingerprint density at radius 2 is 0.900 bits per heavy atom. The van der Waals surface area contributed by atoms with E-state index in [0.29, 0.717) is 17.3 Å². The Morgan fingerprint density at radius 1 is 0.420 bits per heavy atom. The topological polar surface area (TPSA) is 69.4 Å². The Kier molecular flexibility index (Phi) is 7.37. The lowest BCUT2D eigenvalue weighted by atomic mass is 10.1. The van der Waals surface area contributed by atoms with Gasteiger partial charge >= 0.3 is 0 Å². The minimum Gasteiger partial charge on any atom is -0.293 e. The first-order valence-electron chi connectivity index (χ1n) is 16.6. The zero-order valence-electron chi connectivity index (χ0n) is 27.0. The van der Waals surface area contributed by atoms with Gasteiger partial charge in [0.2, 0.25) is 8.07 Å². The van der Waals surface area contributed by atoms with Crippen LogP contribution in [0, 0.1) is 0 Å². The largest absolute Gasteiger partial charge is 0.293 e. The fourth-order valence-electron chi connectivity index (χ4n) is 7.20. The molecule has 6 nitrogen and oxygen atoms in total. The SMILES string of the molecule is c1ccc([Si](c2ccccc2)(c2ccccc2)c2nc(-c3ccccn3)c(-c3ncccn3)c(-n3c4ccccc4c4ccccc43)n2)cc1. The molecule has 0 atom stereocenters. The van der Waals surface area contributed by atoms with E-state index in [9.17, 15) is 0 Å². The van der Waals surface area contributed by atoms with E-state index in [1.54, 1.807) is 12.4 Å². The van der Waals surface area contributed by atoms with E-state index in [1.165, 1.54) is 15.6 Å². The van der Waals surface area contributed by atoms with Crippen LogP contribution in [0.4, 0.5) is 0 Å². The molecule has 0 saturated heterocycles. The predicted molar refractivity (Wildman–Crippen MR) is 204 cm³/mol. The first kappa shape index (κ1) is 29.6. The summed E-state index contributed by atoms with van der Waals surface area (Å²) in [5, 5.41) is 5.82. The summed E-state index contributed by atoms with van der Waals surface area (Å²) in [5.41, 5.74) is 4.94. The van der Waals surface area contributed by atoms with Crippen molar-refractivity contribution in [3.8, 4) is 28.6 Å². The van der Waals surface area contributed by atoms with Gasteiger partial charge in [-0.1, -0.05) is 133 Å². The van der Waals surface area contributed by atoms with Gasteiger partial charge in [-0.25, -0.2) is 19.9 Å². The van der Waals surface area contributed by atoms with Gasteiger partial charge in [0, 0.05) is 29.4 Å². The van der Waals surface area contributed by atoms with Crippen LogP contribution in [0.3, 0.4) is 0 Å². The van der Waals surface area contributed by atoms with Crippen molar-refractivity contribution >= 4 is 50.9 Å². The molecule has 50 heavy (non-hydrogen) atoms. The Hall–Kier alpha value is -6.57. The molecule has 0 aliphatic heterocycles. The van der Waals surface area contributed by atoms with Gasteiger partial charge in [-0.15, -0.1) is 0 Å². The molecule has 7 heteroatoms. The molecule has 0 fully saturated rings. The van der Waals surface area contributed by atoms with Crippen LogP contribution in [0.25, 0.3) is 50.4 Å². The number of aromatic nitrogens is 6. The number of hydrogen-bond donors (Lipinski definition) is 0. The Morgan fingerprint density at radius 3 is 1.42 bits per heavy atom. The summed E-state index contributed by atoms with van der Waals surface area (Å²) in [6.07, 6.45) is 5.35. The summed E-state index contributed by atoms with van der Waals surface area (Å²) >= 11 is 0. The van der Waals surface area contributed by atoms with Gasteiger partial charge in [0.25, 0.3) is 0 Å². The fraction of sp³-hybridized carbons (Fsp3) is 0. The van der Waals surface area contributed by atoms with E-state index in [0.717, 1.165) is 38.5 Å². The molecule has 0 radical (unpaired) electrons. The molecule has 0 spiro atoms. The molecule has 0 N–H and O–H groups in total. The third-order valence-electron chi connectivity index (χ3n) is 9.33. The van der Waals surface area contributed by atoms with Gasteiger partial charge in [-0.2, -0.15) is 0 Å². The van der Waals surface area contributed by atoms with Gasteiger partial charge in [-0.3, -0.25) is 9.55 Å². The minimum absolute atomic E-state index is 0.531. The van der Waals surface area contributed by atoms with Crippen LogP contribution < -0.4 is 21.0 Å². The summed E-state index contributed by atoms with van der Waals surface area (Å²) in [4.78, 5) is 25.9. The molecular formula is C43H30N6Si. The van der Waals surface area contributed by atoms with Crippen molar-refractivity contribution in [2.75, 3.05) is 0 Å². The zero-order valence-corrected chi connectivity index (χ0v) is 28.0. The molecule has 0 bridgehead atoms. The summed E-state index contributed by atoms with van der Waals surface area (Å²) in [6, 6.07) is 57.0. The lowest BCUT2D eigenvalue weighted by Crippen LogP contribution is -2.76. The van der Waals surface area contributed by atoms with Gasteiger partial charge in [0.05, 0.1) is 22.3 Å². The number of rotatable bonds is 7. The second-order valence-electron chi connectivity index (χ2n) is 12.1. The number of hydrogen-bond acceptors (Lipinski definition) is 5. The normalized spacial score (nSPS) is 11.6. The second kappa shape index (κ2) is 12.5. The number of fused-ring (bicyclic) bond motifs is 3. The molecule has 0 amide bonds. The zero-order chi connectivity index (χ0) is 33.3. The maximum Gasteiger partial charge on any atom is 0.226 e. The third-order valence-corrected chi connectivity index (χ3v) is 13.8. The number of benzene rings is 5. The van der Waals surface area contributed by atoms with Crippen LogP contribution >= 0.6 is 0 Å². The third kappa shape index (κ3) is 4.75. The van der Waals surface area contributed by atoms with Crippen molar-refractivity contribution < 1.29 is 0 Å². The molecule has 4 heterocycles. The first-order valence-corrected chi connectivity index (χ1v) is 18.6. The smallest absolute Gasteiger partial charge is 0.226 e. The van der Waals surface area contributed by atoms with Crippen LogP contribution in [0.15, 0.2) is 182 Å². The van der Waals surface area contributed by atoms with E-state index in [1.807, 2.05) is 30.5 Å². The van der Waals surface area contributed by atoms with E-state index >= 15 is 0 Å². The van der Waals surface area contributed by atoms with E-state index in [4.69, 9.17) is 24.9 Å². The lowest BCUT2D eigenvalue weighted by molar-refractivity contribution is 1.04. The van der Waals surface area contributed by atoms with Crippen molar-refractivity contribution in [2.24, 2.45) is 0 Å². The van der Waals surface area contributed by atoms with E-state index < -0.39 is 8.07 Å². The lowest BCUT2D eigenvalue weighted by Gasteiger charge is -2.33. The highest BCUT2D eigenvalue weighted by Crippen LogP contribution is 2.37. The van der Waals surface area contributed by atoms with Crippen LogP contribution in [-0.4, -0.2) is 37.6 Å². The van der Waals surface area contributed by atoms with E-state index in [2.05, 4.69) is 144 Å². The molecule has 4 aromatic heterocycles. The molecule has 236 valence electrons. The van der Waals surface area contributed by atoms with Crippen molar-refractivity contribution in [2.45, 2.75) is 0 Å². The van der Waals surface area contributed by atoms with Gasteiger partial charge in [0.1, 0.15) is 11.1 Å². The predicted octanol–water partition coefficient (Wildman–Crippen LogP) is 6.47. The monoisotopic (exact) mass is 658 g/mol. The highest BCUT2D eigenvalue weighted by atomic mass is 28.3. The van der Waals surface area contributed by atoms with Crippen molar-refractivity contribution in [3.05, 3.63) is 182 Å². The van der Waals surface area contributed by atoms with Gasteiger partial charge in [0.15, 0.2) is 11.6 Å². The average molecular weight is 659 g/mol. The molecule has 9 rings (SSSR count). The first-order chi connectivity index (χ1) is 24.8. The standard InChI is InChI=1S/C43H30N6Si/c1-4-17-31(18-5-1)50(32-19-6-2-7-20-32,33-21-8-3-9-22-33)43-47-40(36-25-14-15-28-44-36)39(41-45-29-16-30-46-41)42(48-43)49-37-26-12-10-23-34(37)35-24-11-13-27-38(35)49/h1-30H. The summed E-state index contributed by atoms with van der Waals surface area (Å²) in [7, 11) is -3.17. The second-order valence-corrected chi connectivity index (χ2v) is 15.8.